The van der Waals surface area contributed by atoms with Gasteiger partial charge >= 0.3 is 0 Å². The van der Waals surface area contributed by atoms with Gasteiger partial charge in [-0.3, -0.25) is 14.4 Å². The molecule has 27 heavy (non-hydrogen) atoms. The number of carbonyl (C=O) groups excluding carboxylic acids is 2. The molecule has 1 fully saturated rings. The van der Waals surface area contributed by atoms with E-state index in [1.165, 1.54) is 24.8 Å². The maximum Gasteiger partial charge on any atom is 0.257 e. The predicted molar refractivity (Wildman–Crippen MR) is 107 cm³/mol. The van der Waals surface area contributed by atoms with Crippen molar-refractivity contribution in [2.24, 2.45) is 0 Å². The molecular weight excluding hydrogens is 386 g/mol. The molecular formula is C19H22ClN3O3S. The Balaban J connectivity index is 1.90. The molecule has 0 aliphatic heterocycles. The Kier molecular flexibility index (Phi) is 6.34. The summed E-state index contributed by atoms with van der Waals surface area (Å²) in [6.45, 7) is 0.281. The van der Waals surface area contributed by atoms with Crippen LogP contribution in [0.2, 0.25) is 4.34 Å². The van der Waals surface area contributed by atoms with Crippen molar-refractivity contribution in [2.75, 3.05) is 7.05 Å². The first-order valence-corrected chi connectivity index (χ1v) is 10.2. The van der Waals surface area contributed by atoms with Crippen LogP contribution in [0.4, 0.5) is 0 Å². The molecule has 0 radical (unpaired) electrons. The Morgan fingerprint density at radius 2 is 1.81 bits per heavy atom. The first-order chi connectivity index (χ1) is 13.0. The number of nitrogens with one attached hydrogen (secondary N) is 2. The van der Waals surface area contributed by atoms with Crippen molar-refractivity contribution in [3.63, 3.8) is 0 Å². The second-order valence-electron chi connectivity index (χ2n) is 6.62. The van der Waals surface area contributed by atoms with Gasteiger partial charge in [0.25, 0.3) is 11.8 Å². The third kappa shape index (κ3) is 4.59. The van der Waals surface area contributed by atoms with Crippen molar-refractivity contribution in [3.8, 4) is 0 Å². The van der Waals surface area contributed by atoms with E-state index in [0.717, 1.165) is 30.6 Å². The normalized spacial score (nSPS) is 14.7. The molecule has 2 aromatic rings. The van der Waals surface area contributed by atoms with Gasteiger partial charge in [-0.05, 0) is 25.0 Å². The molecule has 2 aromatic heterocycles. The van der Waals surface area contributed by atoms with Crippen molar-refractivity contribution in [2.45, 2.75) is 44.7 Å². The summed E-state index contributed by atoms with van der Waals surface area (Å²) in [5.41, 5.74) is -0.567. The zero-order chi connectivity index (χ0) is 19.4. The van der Waals surface area contributed by atoms with Gasteiger partial charge in [0, 0.05) is 30.4 Å². The molecule has 2 heterocycles. The van der Waals surface area contributed by atoms with E-state index in [4.69, 9.17) is 11.6 Å². The van der Waals surface area contributed by atoms with Crippen LogP contribution in [-0.2, 0) is 6.54 Å². The van der Waals surface area contributed by atoms with Gasteiger partial charge in [-0.25, -0.2) is 0 Å². The van der Waals surface area contributed by atoms with Gasteiger partial charge in [-0.1, -0.05) is 30.9 Å². The topological polar surface area (TPSA) is 80.2 Å². The minimum atomic E-state index is -0.553. The lowest BCUT2D eigenvalue weighted by Gasteiger charge is -2.25. The van der Waals surface area contributed by atoms with Crippen molar-refractivity contribution in [1.29, 1.82) is 0 Å². The summed E-state index contributed by atoms with van der Waals surface area (Å²) >= 11 is 7.27. The molecule has 0 aromatic carbocycles. The highest BCUT2D eigenvalue weighted by molar-refractivity contribution is 7.16. The van der Waals surface area contributed by atoms with E-state index in [0.29, 0.717) is 4.34 Å². The van der Waals surface area contributed by atoms with E-state index in [2.05, 4.69) is 10.6 Å². The van der Waals surface area contributed by atoms with Crippen molar-refractivity contribution >= 4 is 34.8 Å². The first kappa shape index (κ1) is 19.6. The van der Waals surface area contributed by atoms with E-state index >= 15 is 0 Å². The van der Waals surface area contributed by atoms with Gasteiger partial charge in [0.05, 0.1) is 10.9 Å². The molecule has 6 nitrogen and oxygen atoms in total. The van der Waals surface area contributed by atoms with Crippen LogP contribution in [0, 0.1) is 0 Å². The molecule has 0 atom stereocenters. The minimum absolute atomic E-state index is 0.00473. The number of hydrogen-bond donors (Lipinski definition) is 2. The van der Waals surface area contributed by atoms with Crippen LogP contribution in [0.15, 0.2) is 29.3 Å². The summed E-state index contributed by atoms with van der Waals surface area (Å²) in [5.74, 6) is -0.968. The van der Waals surface area contributed by atoms with E-state index < -0.39 is 17.2 Å². The van der Waals surface area contributed by atoms with E-state index in [1.54, 1.807) is 18.5 Å². The summed E-state index contributed by atoms with van der Waals surface area (Å²) < 4.78 is 2.50. The Labute approximate surface area is 166 Å². The molecule has 2 amide bonds. The lowest BCUT2D eigenvalue weighted by atomic mass is 9.95. The SMILES string of the molecule is CNC(=O)c1cn(C2CCCCC2)cc(C(=O)NCc2ccc(Cl)s2)c1=O. The highest BCUT2D eigenvalue weighted by Crippen LogP contribution is 2.28. The Morgan fingerprint density at radius 1 is 1.15 bits per heavy atom. The van der Waals surface area contributed by atoms with Gasteiger partial charge in [0.2, 0.25) is 5.43 Å². The summed E-state index contributed by atoms with van der Waals surface area (Å²) in [4.78, 5) is 38.4. The maximum atomic E-state index is 12.7. The van der Waals surface area contributed by atoms with Crippen LogP contribution in [0.5, 0.6) is 0 Å². The van der Waals surface area contributed by atoms with Gasteiger partial charge < -0.3 is 15.2 Å². The fourth-order valence-corrected chi connectivity index (χ4v) is 4.38. The molecule has 0 unspecified atom stereocenters. The van der Waals surface area contributed by atoms with Crippen LogP contribution >= 0.6 is 22.9 Å². The zero-order valence-corrected chi connectivity index (χ0v) is 16.7. The number of rotatable bonds is 5. The van der Waals surface area contributed by atoms with Crippen LogP contribution in [0.1, 0.15) is 63.7 Å². The number of nitrogens with zero attached hydrogens (tertiary/aromatic N) is 1. The van der Waals surface area contributed by atoms with Crippen LogP contribution in [0.3, 0.4) is 0 Å². The number of carbonyl (C=O) groups is 2. The lowest BCUT2D eigenvalue weighted by Crippen LogP contribution is -2.34. The number of hydrogen-bond acceptors (Lipinski definition) is 4. The lowest BCUT2D eigenvalue weighted by molar-refractivity contribution is 0.0949. The largest absolute Gasteiger partial charge is 0.355 e. The quantitative estimate of drug-likeness (QED) is 0.797. The zero-order valence-electron chi connectivity index (χ0n) is 15.1. The standard InChI is InChI=1S/C19H22ClN3O3S/c1-21-18(25)14-10-23(12-5-3-2-4-6-12)11-15(17(14)24)19(26)22-9-13-7-8-16(20)27-13/h7-8,10-12H,2-6,9H2,1H3,(H,21,25)(H,22,26). The number of amides is 2. The average Bonchev–Trinajstić information content (AvgIpc) is 3.11. The molecule has 8 heteroatoms. The third-order valence-electron chi connectivity index (χ3n) is 4.81. The van der Waals surface area contributed by atoms with Gasteiger partial charge in [0.1, 0.15) is 11.1 Å². The second kappa shape index (κ2) is 8.71. The number of halogens is 1. The molecule has 0 bridgehead atoms. The molecule has 1 aliphatic carbocycles. The number of thiophene rings is 1. The van der Waals surface area contributed by atoms with Crippen molar-refractivity contribution in [3.05, 3.63) is 55.1 Å². The number of aromatic nitrogens is 1. The van der Waals surface area contributed by atoms with Crippen molar-refractivity contribution in [1.82, 2.24) is 15.2 Å². The van der Waals surface area contributed by atoms with E-state index in [1.807, 2.05) is 10.6 Å². The molecule has 1 aliphatic rings. The number of pyridine rings is 1. The van der Waals surface area contributed by atoms with E-state index in [-0.39, 0.29) is 23.7 Å². The monoisotopic (exact) mass is 407 g/mol. The smallest absolute Gasteiger partial charge is 0.257 e. The summed E-state index contributed by atoms with van der Waals surface area (Å²) in [6.07, 6.45) is 8.51. The molecule has 144 valence electrons. The highest BCUT2D eigenvalue weighted by atomic mass is 35.5. The van der Waals surface area contributed by atoms with Crippen LogP contribution in [0.25, 0.3) is 0 Å². The fourth-order valence-electron chi connectivity index (χ4n) is 3.36. The third-order valence-corrected chi connectivity index (χ3v) is 6.04. The Hall–Kier alpha value is -2.12. The Morgan fingerprint density at radius 3 is 2.41 bits per heavy atom. The van der Waals surface area contributed by atoms with E-state index in [9.17, 15) is 14.4 Å². The average molecular weight is 408 g/mol. The fraction of sp³-hybridized carbons (Fsp3) is 0.421. The summed E-state index contributed by atoms with van der Waals surface area (Å²) in [6, 6.07) is 3.79. The van der Waals surface area contributed by atoms with Gasteiger partial charge in [-0.15, -0.1) is 11.3 Å². The van der Waals surface area contributed by atoms with Gasteiger partial charge in [-0.2, -0.15) is 0 Å². The highest BCUT2D eigenvalue weighted by Gasteiger charge is 2.22. The Bertz CT molecular complexity index is 900. The molecule has 1 saturated carbocycles. The molecule has 0 saturated heterocycles. The van der Waals surface area contributed by atoms with Crippen LogP contribution in [-0.4, -0.2) is 23.4 Å². The minimum Gasteiger partial charge on any atom is -0.355 e. The first-order valence-electron chi connectivity index (χ1n) is 9.00. The molecule has 3 rings (SSSR count). The van der Waals surface area contributed by atoms with Crippen molar-refractivity contribution < 1.29 is 9.59 Å². The molecule has 0 spiro atoms. The summed E-state index contributed by atoms with van der Waals surface area (Å²) in [7, 11) is 1.47. The summed E-state index contributed by atoms with van der Waals surface area (Å²) in [5, 5.41) is 5.23. The second-order valence-corrected chi connectivity index (χ2v) is 8.42. The van der Waals surface area contributed by atoms with Crippen LogP contribution < -0.4 is 16.1 Å². The maximum absolute atomic E-state index is 12.7. The predicted octanol–water partition coefficient (Wildman–Crippen LogP) is 3.36. The van der Waals surface area contributed by atoms with Gasteiger partial charge in [0.15, 0.2) is 0 Å². The molecule has 2 N–H and O–H groups in total.